The fourth-order valence-corrected chi connectivity index (χ4v) is 2.62. The zero-order chi connectivity index (χ0) is 12.7. The van der Waals surface area contributed by atoms with E-state index < -0.39 is 0 Å². The molecule has 0 unspecified atom stereocenters. The Morgan fingerprint density at radius 3 is 2.89 bits per heavy atom. The highest BCUT2D eigenvalue weighted by atomic mass is 15.1. The molecule has 94 valence electrons. The molecule has 4 heteroatoms. The molecule has 0 radical (unpaired) electrons. The maximum Gasteiger partial charge on any atom is 0.0994 e. The van der Waals surface area contributed by atoms with Gasteiger partial charge in [-0.2, -0.15) is 0 Å². The lowest BCUT2D eigenvalue weighted by Gasteiger charge is -2.28. The molecule has 1 aromatic carbocycles. The van der Waals surface area contributed by atoms with Gasteiger partial charge in [-0.25, -0.2) is 4.98 Å². The standard InChI is InChI=1S/C15H14N4/c1-2-11-6-16-5-4-13(11)14(3-1)19-10-18-9-15(19)12-7-17-8-12/h1-6,9-10,12,17H,7-8H2. The molecule has 1 aliphatic heterocycles. The van der Waals surface area contributed by atoms with Crippen LogP contribution < -0.4 is 5.32 Å². The average Bonchev–Trinajstić information content (AvgIpc) is 2.85. The van der Waals surface area contributed by atoms with Crippen LogP contribution in [-0.4, -0.2) is 27.6 Å². The topological polar surface area (TPSA) is 42.7 Å². The van der Waals surface area contributed by atoms with Crippen molar-refractivity contribution < 1.29 is 0 Å². The third-order valence-electron chi connectivity index (χ3n) is 3.78. The summed E-state index contributed by atoms with van der Waals surface area (Å²) in [4.78, 5) is 8.51. The number of imidazole rings is 1. The van der Waals surface area contributed by atoms with Gasteiger partial charge in [0, 0.05) is 54.1 Å². The molecule has 0 saturated carbocycles. The summed E-state index contributed by atoms with van der Waals surface area (Å²) in [6, 6.07) is 8.36. The smallest absolute Gasteiger partial charge is 0.0994 e. The van der Waals surface area contributed by atoms with Crippen molar-refractivity contribution in [1.82, 2.24) is 19.9 Å². The summed E-state index contributed by atoms with van der Waals surface area (Å²) in [5, 5.41) is 5.68. The van der Waals surface area contributed by atoms with Crippen LogP contribution in [0, 0.1) is 0 Å². The summed E-state index contributed by atoms with van der Waals surface area (Å²) in [6.07, 6.45) is 7.63. The lowest BCUT2D eigenvalue weighted by Crippen LogP contribution is -2.40. The molecule has 0 amide bonds. The van der Waals surface area contributed by atoms with Crippen molar-refractivity contribution >= 4 is 10.8 Å². The SMILES string of the molecule is c1cc(-n2cncc2C2CNC2)c2ccncc2c1. The first kappa shape index (κ1) is 10.7. The number of fused-ring (bicyclic) bond motifs is 1. The first-order valence-corrected chi connectivity index (χ1v) is 6.49. The van der Waals surface area contributed by atoms with Crippen LogP contribution in [0.4, 0.5) is 0 Å². The fraction of sp³-hybridized carbons (Fsp3) is 0.200. The third kappa shape index (κ3) is 1.64. The number of hydrogen-bond acceptors (Lipinski definition) is 3. The Kier molecular flexibility index (Phi) is 2.35. The number of hydrogen-bond donors (Lipinski definition) is 1. The minimum absolute atomic E-state index is 0.569. The molecular formula is C15H14N4. The van der Waals surface area contributed by atoms with Crippen LogP contribution >= 0.6 is 0 Å². The highest BCUT2D eigenvalue weighted by Crippen LogP contribution is 2.27. The summed E-state index contributed by atoms with van der Waals surface area (Å²) in [5.41, 5.74) is 2.46. The van der Waals surface area contributed by atoms with E-state index in [-0.39, 0.29) is 0 Å². The van der Waals surface area contributed by atoms with Gasteiger partial charge in [-0.05, 0) is 12.1 Å². The summed E-state index contributed by atoms with van der Waals surface area (Å²) < 4.78 is 2.20. The van der Waals surface area contributed by atoms with E-state index in [9.17, 15) is 0 Å². The van der Waals surface area contributed by atoms with Crippen LogP contribution in [0.15, 0.2) is 49.2 Å². The molecule has 4 rings (SSSR count). The van der Waals surface area contributed by atoms with Crippen LogP contribution in [0.1, 0.15) is 11.6 Å². The Labute approximate surface area is 111 Å². The Hall–Kier alpha value is -2.20. The predicted octanol–water partition coefficient (Wildman–Crippen LogP) is 2.11. The van der Waals surface area contributed by atoms with Crippen LogP contribution in [0.5, 0.6) is 0 Å². The van der Waals surface area contributed by atoms with Gasteiger partial charge in [0.2, 0.25) is 0 Å². The summed E-state index contributed by atoms with van der Waals surface area (Å²) in [6.45, 7) is 2.08. The molecular weight excluding hydrogens is 236 g/mol. The minimum Gasteiger partial charge on any atom is -0.315 e. The predicted molar refractivity (Wildman–Crippen MR) is 74.5 cm³/mol. The van der Waals surface area contributed by atoms with Gasteiger partial charge in [0.05, 0.1) is 12.0 Å². The zero-order valence-corrected chi connectivity index (χ0v) is 10.5. The van der Waals surface area contributed by atoms with Crippen molar-refractivity contribution in [1.29, 1.82) is 0 Å². The van der Waals surface area contributed by atoms with E-state index in [2.05, 4.69) is 44.1 Å². The molecule has 0 spiro atoms. The van der Waals surface area contributed by atoms with Gasteiger partial charge >= 0.3 is 0 Å². The summed E-state index contributed by atoms with van der Waals surface area (Å²) >= 11 is 0. The highest BCUT2D eigenvalue weighted by molar-refractivity contribution is 5.89. The van der Waals surface area contributed by atoms with Gasteiger partial charge in [0.1, 0.15) is 0 Å². The van der Waals surface area contributed by atoms with Crippen molar-refractivity contribution in [3.8, 4) is 5.69 Å². The molecule has 1 aliphatic rings. The third-order valence-corrected chi connectivity index (χ3v) is 3.78. The Morgan fingerprint density at radius 2 is 2.05 bits per heavy atom. The van der Waals surface area contributed by atoms with Crippen molar-refractivity contribution in [2.45, 2.75) is 5.92 Å². The second-order valence-corrected chi connectivity index (χ2v) is 4.92. The second-order valence-electron chi connectivity index (χ2n) is 4.92. The maximum absolute atomic E-state index is 4.33. The molecule has 3 aromatic rings. The monoisotopic (exact) mass is 250 g/mol. The minimum atomic E-state index is 0.569. The van der Waals surface area contributed by atoms with Crippen LogP contribution in [0.2, 0.25) is 0 Å². The number of nitrogens with zero attached hydrogens (tertiary/aromatic N) is 3. The first-order chi connectivity index (χ1) is 9.43. The molecule has 19 heavy (non-hydrogen) atoms. The summed E-state index contributed by atoms with van der Waals surface area (Å²) in [7, 11) is 0. The number of rotatable bonds is 2. The lowest BCUT2D eigenvalue weighted by atomic mass is 9.99. The maximum atomic E-state index is 4.33. The Balaban J connectivity index is 1.93. The molecule has 1 saturated heterocycles. The number of aromatic nitrogens is 3. The van der Waals surface area contributed by atoms with E-state index in [1.165, 1.54) is 16.8 Å². The van der Waals surface area contributed by atoms with Gasteiger partial charge < -0.3 is 9.88 Å². The van der Waals surface area contributed by atoms with Gasteiger partial charge in [-0.15, -0.1) is 0 Å². The van der Waals surface area contributed by atoms with Crippen molar-refractivity contribution in [2.24, 2.45) is 0 Å². The normalized spacial score (nSPS) is 15.6. The molecule has 2 aromatic heterocycles. The van der Waals surface area contributed by atoms with Crippen LogP contribution in [0.25, 0.3) is 16.5 Å². The molecule has 4 nitrogen and oxygen atoms in total. The van der Waals surface area contributed by atoms with Crippen molar-refractivity contribution in [3.05, 3.63) is 54.9 Å². The van der Waals surface area contributed by atoms with Gasteiger partial charge in [-0.3, -0.25) is 4.98 Å². The molecule has 0 atom stereocenters. The first-order valence-electron chi connectivity index (χ1n) is 6.49. The highest BCUT2D eigenvalue weighted by Gasteiger charge is 2.23. The van der Waals surface area contributed by atoms with Crippen molar-refractivity contribution in [3.63, 3.8) is 0 Å². The number of pyridine rings is 1. The van der Waals surface area contributed by atoms with E-state index in [0.717, 1.165) is 18.5 Å². The average molecular weight is 250 g/mol. The molecule has 1 fully saturated rings. The fourth-order valence-electron chi connectivity index (χ4n) is 2.62. The number of nitrogens with one attached hydrogen (secondary N) is 1. The van der Waals surface area contributed by atoms with E-state index in [0.29, 0.717) is 5.92 Å². The molecule has 1 N–H and O–H groups in total. The van der Waals surface area contributed by atoms with Crippen LogP contribution in [-0.2, 0) is 0 Å². The van der Waals surface area contributed by atoms with Gasteiger partial charge in [0.15, 0.2) is 0 Å². The van der Waals surface area contributed by atoms with E-state index in [4.69, 9.17) is 0 Å². The van der Waals surface area contributed by atoms with Crippen molar-refractivity contribution in [2.75, 3.05) is 13.1 Å². The molecule has 0 bridgehead atoms. The van der Waals surface area contributed by atoms with E-state index in [1.54, 1.807) is 0 Å². The molecule has 0 aliphatic carbocycles. The van der Waals surface area contributed by atoms with E-state index >= 15 is 0 Å². The largest absolute Gasteiger partial charge is 0.315 e. The molecule has 3 heterocycles. The second kappa shape index (κ2) is 4.17. The Bertz CT molecular complexity index is 722. The lowest BCUT2D eigenvalue weighted by molar-refractivity contribution is 0.435. The van der Waals surface area contributed by atoms with Gasteiger partial charge in [0.25, 0.3) is 0 Å². The van der Waals surface area contributed by atoms with E-state index in [1.807, 2.05) is 24.9 Å². The van der Waals surface area contributed by atoms with Gasteiger partial charge in [-0.1, -0.05) is 12.1 Å². The number of benzene rings is 1. The Morgan fingerprint density at radius 1 is 1.11 bits per heavy atom. The zero-order valence-electron chi connectivity index (χ0n) is 10.5. The quantitative estimate of drug-likeness (QED) is 0.757. The van der Waals surface area contributed by atoms with Crippen LogP contribution in [0.3, 0.4) is 0 Å². The summed E-state index contributed by atoms with van der Waals surface area (Å²) in [5.74, 6) is 0.569.